The fourth-order valence-electron chi connectivity index (χ4n) is 12.6. The minimum absolute atomic E-state index is 0.0407. The van der Waals surface area contributed by atoms with Crippen LogP contribution in [0.15, 0.2) is 72.8 Å². The van der Waals surface area contributed by atoms with E-state index in [1.807, 2.05) is 6.08 Å². The Morgan fingerprint density at radius 2 is 1.53 bits per heavy atom. The van der Waals surface area contributed by atoms with Gasteiger partial charge in [0, 0.05) is 5.92 Å². The summed E-state index contributed by atoms with van der Waals surface area (Å²) in [5.74, 6) is 0.471. The predicted molar refractivity (Wildman–Crippen MR) is 211 cm³/mol. The van der Waals surface area contributed by atoms with Crippen LogP contribution in [-0.4, -0.2) is 82.6 Å². The van der Waals surface area contributed by atoms with E-state index in [1.165, 1.54) is 6.42 Å². The topological polar surface area (TPSA) is 141 Å². The molecule has 6 fully saturated rings. The molecule has 310 valence electrons. The SMILES string of the molecule is CC(C)C=CC1(O)OC2CC3C4CCC5CC(OC6OC(COC(=O)c7ccccc7)C(O)C(OC(=O)c7ccccc7)C6O)CCC5(C)C4CCC3(C)C2C1C. The highest BCUT2D eigenvalue weighted by Gasteiger charge is 2.68. The first-order chi connectivity index (χ1) is 27.2. The zero-order valence-corrected chi connectivity index (χ0v) is 34.1. The standard InChI is InChI=1S/C47H62O10/c1-27(2)18-23-47(52)28(3)38-36(57-47)25-35-33-17-16-31-24-32(19-21-45(31,4)34(33)20-22-46(35,38)5)54-44-40(49)41(56-43(51)30-14-10-7-11-15-30)39(48)37(55-44)26-53-42(50)29-12-8-6-9-13-29/h6-15,18,23,27-28,31-41,44,48-49,52H,16-17,19-22,24-26H2,1-5H3. The quantitative estimate of drug-likeness (QED) is 0.137. The highest BCUT2D eigenvalue weighted by molar-refractivity contribution is 5.90. The lowest BCUT2D eigenvalue weighted by molar-refractivity contribution is -0.315. The molecule has 0 radical (unpaired) electrons. The third-order valence-corrected chi connectivity index (χ3v) is 15.6. The summed E-state index contributed by atoms with van der Waals surface area (Å²) in [5.41, 5.74) is 0.919. The van der Waals surface area contributed by atoms with Gasteiger partial charge in [-0.05, 0) is 128 Å². The Balaban J connectivity index is 0.942. The predicted octanol–water partition coefficient (Wildman–Crippen LogP) is 7.11. The lowest BCUT2D eigenvalue weighted by Crippen LogP contribution is -2.61. The van der Waals surface area contributed by atoms with Crippen LogP contribution in [-0.2, 0) is 23.7 Å². The summed E-state index contributed by atoms with van der Waals surface area (Å²) >= 11 is 0. The van der Waals surface area contributed by atoms with Gasteiger partial charge in [-0.25, -0.2) is 9.59 Å². The molecule has 0 bridgehead atoms. The number of rotatable bonds is 9. The van der Waals surface area contributed by atoms with Crippen LogP contribution in [0.4, 0.5) is 0 Å². The molecule has 4 aliphatic carbocycles. The molecule has 6 aliphatic rings. The van der Waals surface area contributed by atoms with Gasteiger partial charge >= 0.3 is 11.9 Å². The Morgan fingerprint density at radius 3 is 2.21 bits per heavy atom. The molecule has 10 heteroatoms. The molecule has 2 heterocycles. The van der Waals surface area contributed by atoms with Gasteiger partial charge in [-0.2, -0.15) is 0 Å². The second kappa shape index (κ2) is 15.8. The van der Waals surface area contributed by atoms with Gasteiger partial charge in [-0.3, -0.25) is 0 Å². The molecule has 0 aromatic heterocycles. The third-order valence-electron chi connectivity index (χ3n) is 15.6. The first-order valence-corrected chi connectivity index (χ1v) is 21.5. The molecule has 16 atom stereocenters. The molecule has 2 aliphatic heterocycles. The Kier molecular flexibility index (Phi) is 11.3. The number of esters is 2. The lowest BCUT2D eigenvalue weighted by atomic mass is 9.44. The van der Waals surface area contributed by atoms with Crippen molar-refractivity contribution in [2.24, 2.45) is 52.3 Å². The number of carbonyl (C=O) groups excluding carboxylic acids is 2. The molecule has 16 unspecified atom stereocenters. The Bertz CT molecular complexity index is 1770. The van der Waals surface area contributed by atoms with Crippen LogP contribution in [0.2, 0.25) is 0 Å². The highest BCUT2D eigenvalue weighted by Crippen LogP contribution is 2.70. The first kappa shape index (κ1) is 40.7. The molecular formula is C47H62O10. The smallest absolute Gasteiger partial charge is 0.338 e. The molecule has 2 aromatic carbocycles. The lowest BCUT2D eigenvalue weighted by Gasteiger charge is -2.61. The van der Waals surface area contributed by atoms with E-state index in [0.717, 1.165) is 44.9 Å². The number of allylic oxidation sites excluding steroid dienone is 1. The van der Waals surface area contributed by atoms with Gasteiger partial charge in [0.25, 0.3) is 0 Å². The maximum atomic E-state index is 13.2. The zero-order chi connectivity index (χ0) is 40.3. The third kappa shape index (κ3) is 7.41. The van der Waals surface area contributed by atoms with Crippen LogP contribution in [0.3, 0.4) is 0 Å². The Labute approximate surface area is 337 Å². The number of aliphatic hydroxyl groups excluding tert-OH is 2. The summed E-state index contributed by atoms with van der Waals surface area (Å²) in [6.45, 7) is 11.1. The monoisotopic (exact) mass is 786 g/mol. The molecule has 3 N–H and O–H groups in total. The number of aliphatic hydroxyl groups is 3. The normalized spacial score (nSPS) is 43.8. The van der Waals surface area contributed by atoms with Gasteiger partial charge in [-0.15, -0.1) is 0 Å². The van der Waals surface area contributed by atoms with Gasteiger partial charge in [0.15, 0.2) is 18.2 Å². The second-order valence-corrected chi connectivity index (χ2v) is 19.0. The maximum absolute atomic E-state index is 13.2. The molecule has 0 spiro atoms. The number of hydrogen-bond acceptors (Lipinski definition) is 10. The minimum atomic E-state index is -1.48. The van der Waals surface area contributed by atoms with E-state index in [9.17, 15) is 24.9 Å². The van der Waals surface area contributed by atoms with Gasteiger partial charge in [-0.1, -0.05) is 77.1 Å². The first-order valence-electron chi connectivity index (χ1n) is 21.5. The minimum Gasteiger partial charge on any atom is -0.459 e. The van der Waals surface area contributed by atoms with Gasteiger partial charge in [0.05, 0.1) is 23.3 Å². The van der Waals surface area contributed by atoms with E-state index < -0.39 is 48.4 Å². The fraction of sp³-hybridized carbons (Fsp3) is 0.660. The number of benzene rings is 2. The van der Waals surface area contributed by atoms with E-state index in [0.29, 0.717) is 41.1 Å². The van der Waals surface area contributed by atoms with Crippen molar-refractivity contribution in [3.05, 3.63) is 83.9 Å². The van der Waals surface area contributed by atoms with Crippen molar-refractivity contribution in [3.8, 4) is 0 Å². The average Bonchev–Trinajstić information content (AvgIpc) is 3.64. The van der Waals surface area contributed by atoms with Crippen molar-refractivity contribution in [1.29, 1.82) is 0 Å². The van der Waals surface area contributed by atoms with Crippen LogP contribution in [0, 0.1) is 52.3 Å². The summed E-state index contributed by atoms with van der Waals surface area (Å²) in [6.07, 6.45) is 5.37. The van der Waals surface area contributed by atoms with Crippen molar-refractivity contribution in [2.75, 3.05) is 6.61 Å². The fourth-order valence-corrected chi connectivity index (χ4v) is 12.6. The van der Waals surface area contributed by atoms with Gasteiger partial charge < -0.3 is 39.0 Å². The van der Waals surface area contributed by atoms with E-state index in [4.69, 9.17) is 23.7 Å². The van der Waals surface area contributed by atoms with Crippen LogP contribution in [0.25, 0.3) is 0 Å². The van der Waals surface area contributed by atoms with Crippen LogP contribution in [0.1, 0.15) is 107 Å². The zero-order valence-electron chi connectivity index (χ0n) is 34.1. The van der Waals surface area contributed by atoms with E-state index in [1.54, 1.807) is 60.7 Å². The molecule has 0 amide bonds. The van der Waals surface area contributed by atoms with Crippen LogP contribution in [0.5, 0.6) is 0 Å². The molecule has 8 rings (SSSR count). The molecule has 2 saturated heterocycles. The molecular weight excluding hydrogens is 725 g/mol. The number of hydrogen-bond donors (Lipinski definition) is 3. The Hall–Kier alpha value is -3.12. The summed E-state index contributed by atoms with van der Waals surface area (Å²) in [4.78, 5) is 26.0. The Morgan fingerprint density at radius 1 is 0.860 bits per heavy atom. The summed E-state index contributed by atoms with van der Waals surface area (Å²) in [7, 11) is 0. The van der Waals surface area contributed by atoms with Crippen LogP contribution >= 0.6 is 0 Å². The molecule has 10 nitrogen and oxygen atoms in total. The van der Waals surface area contributed by atoms with Crippen molar-refractivity contribution < 1.29 is 48.6 Å². The number of fused-ring (bicyclic) bond motifs is 7. The second-order valence-electron chi connectivity index (χ2n) is 19.0. The van der Waals surface area contributed by atoms with Crippen molar-refractivity contribution in [3.63, 3.8) is 0 Å². The molecule has 57 heavy (non-hydrogen) atoms. The summed E-state index contributed by atoms with van der Waals surface area (Å²) < 4.78 is 30.7. The number of ether oxygens (including phenoxy) is 5. The summed E-state index contributed by atoms with van der Waals surface area (Å²) in [5, 5.41) is 34.6. The highest BCUT2D eigenvalue weighted by atomic mass is 16.7. The number of carbonyl (C=O) groups is 2. The van der Waals surface area contributed by atoms with Crippen molar-refractivity contribution >= 4 is 11.9 Å². The average molecular weight is 787 g/mol. The largest absolute Gasteiger partial charge is 0.459 e. The van der Waals surface area contributed by atoms with Crippen LogP contribution < -0.4 is 0 Å². The summed E-state index contributed by atoms with van der Waals surface area (Å²) in [6, 6.07) is 16.9. The van der Waals surface area contributed by atoms with Crippen molar-refractivity contribution in [1.82, 2.24) is 0 Å². The molecule has 2 aromatic rings. The van der Waals surface area contributed by atoms with E-state index in [2.05, 4.69) is 40.7 Å². The maximum Gasteiger partial charge on any atom is 0.338 e. The van der Waals surface area contributed by atoms with Gasteiger partial charge in [0.1, 0.15) is 24.9 Å². The van der Waals surface area contributed by atoms with E-state index >= 15 is 0 Å². The van der Waals surface area contributed by atoms with Gasteiger partial charge in [0.2, 0.25) is 0 Å². The van der Waals surface area contributed by atoms with E-state index in [-0.39, 0.29) is 41.1 Å². The van der Waals surface area contributed by atoms with Crippen molar-refractivity contribution in [2.45, 2.75) is 135 Å². The molecule has 4 saturated carbocycles.